The van der Waals surface area contributed by atoms with Crippen LogP contribution in [0.25, 0.3) is 0 Å². The molecule has 0 aliphatic carbocycles. The second kappa shape index (κ2) is 33.3. The van der Waals surface area contributed by atoms with Gasteiger partial charge in [-0.15, -0.1) is 0 Å². The van der Waals surface area contributed by atoms with Gasteiger partial charge in [0.2, 0.25) is 0 Å². The Morgan fingerprint density at radius 1 is 0.344 bits per heavy atom. The van der Waals surface area contributed by atoms with Crippen molar-refractivity contribution in [2.75, 3.05) is 60.7 Å². The Bertz CT molecular complexity index is 3370. The fourth-order valence-electron chi connectivity index (χ4n) is 10.9. The van der Waals surface area contributed by atoms with Crippen molar-refractivity contribution in [3.05, 3.63) is 245 Å². The quantitative estimate of drug-likeness (QED) is 0.0423. The monoisotopic (exact) mass is 1230 g/mol. The number of benzene rings is 8. The molecule has 8 aromatic carbocycles. The van der Waals surface area contributed by atoms with Crippen molar-refractivity contribution in [3.8, 4) is 28.7 Å². The number of aliphatic hydroxyl groups excluding tert-OH is 1. The van der Waals surface area contributed by atoms with Crippen molar-refractivity contribution in [2.45, 2.75) is 108 Å². The van der Waals surface area contributed by atoms with Crippen molar-refractivity contribution in [1.82, 2.24) is 0 Å². The first-order valence-corrected chi connectivity index (χ1v) is 30.1. The van der Waals surface area contributed by atoms with Crippen LogP contribution in [-0.2, 0) is 93.6 Å². The minimum absolute atomic E-state index is 0.00577. The van der Waals surface area contributed by atoms with Crippen LogP contribution in [0.1, 0.15) is 38.9 Å². The van der Waals surface area contributed by atoms with Gasteiger partial charge in [0.15, 0.2) is 35.6 Å². The van der Waals surface area contributed by atoms with E-state index in [1.165, 1.54) is 0 Å². The summed E-state index contributed by atoms with van der Waals surface area (Å²) in [5.41, 5.74) is 8.14. The second-order valence-electron chi connectivity index (χ2n) is 21.9. The summed E-state index contributed by atoms with van der Waals surface area (Å²) < 4.78 is 97.3. The van der Waals surface area contributed by atoms with Gasteiger partial charge in [0, 0.05) is 18.4 Å². The summed E-state index contributed by atoms with van der Waals surface area (Å²) in [5, 5.41) is 13.1. The molecule has 8 aromatic rings. The highest BCUT2D eigenvalue weighted by Gasteiger charge is 2.54. The molecule has 2 heterocycles. The summed E-state index contributed by atoms with van der Waals surface area (Å²) in [6.45, 7) is 1.06. The molecular weight excluding hydrogens is 1150 g/mol. The van der Waals surface area contributed by atoms with E-state index in [2.05, 4.69) is 17.0 Å². The van der Waals surface area contributed by atoms with Gasteiger partial charge in [-0.2, -0.15) is 0 Å². The minimum atomic E-state index is -1.49. The zero-order valence-corrected chi connectivity index (χ0v) is 51.8. The summed E-state index contributed by atoms with van der Waals surface area (Å²) in [5.74, 6) is 2.99. The van der Waals surface area contributed by atoms with E-state index in [1.54, 1.807) is 35.5 Å². The first-order chi connectivity index (χ1) is 44.2. The van der Waals surface area contributed by atoms with E-state index < -0.39 is 61.4 Å². The first kappa shape index (κ1) is 65.1. The van der Waals surface area contributed by atoms with Gasteiger partial charge in [-0.05, 0) is 99.6 Å². The number of methoxy groups -OCH3 is 5. The van der Waals surface area contributed by atoms with Crippen LogP contribution in [0.5, 0.6) is 28.7 Å². The summed E-state index contributed by atoms with van der Waals surface area (Å²) in [4.78, 5) is 2.11. The molecule has 10 rings (SSSR count). The number of para-hydroxylation sites is 1. The maximum Gasteiger partial charge on any atom is 0.190 e. The van der Waals surface area contributed by atoms with Crippen molar-refractivity contribution in [1.29, 1.82) is 0 Å². The number of ether oxygens (including phenoxy) is 15. The molecule has 10 atom stereocenters. The number of anilines is 2. The average Bonchev–Trinajstić information content (AvgIpc) is 0.837. The van der Waals surface area contributed by atoms with Gasteiger partial charge in [0.05, 0.1) is 95.0 Å². The molecule has 1 N–H and O–H groups in total. The number of hydrogen-bond donors (Lipinski definition) is 1. The molecule has 2 saturated heterocycles. The molecule has 0 amide bonds. The van der Waals surface area contributed by atoms with Gasteiger partial charge in [0.1, 0.15) is 54.6 Å². The smallest absolute Gasteiger partial charge is 0.190 e. The van der Waals surface area contributed by atoms with Gasteiger partial charge in [-0.3, -0.25) is 0 Å². The molecule has 90 heavy (non-hydrogen) atoms. The number of hydrogen-bond acceptors (Lipinski definition) is 17. The third-order valence-electron chi connectivity index (χ3n) is 15.8. The summed E-state index contributed by atoms with van der Waals surface area (Å²) in [6, 6.07) is 66.7. The van der Waals surface area contributed by atoms with Gasteiger partial charge < -0.3 is 81.1 Å². The fourth-order valence-corrected chi connectivity index (χ4v) is 10.9. The number of nitrogens with zero attached hydrogens (tertiary/aromatic N) is 1. The fraction of sp³-hybridized carbons (Fsp3) is 0.342. The van der Waals surface area contributed by atoms with E-state index >= 15 is 0 Å². The molecule has 0 aromatic heterocycles. The number of aliphatic hydroxyl groups is 1. The highest BCUT2D eigenvalue weighted by atomic mass is 16.8. The van der Waals surface area contributed by atoms with Crippen LogP contribution < -0.4 is 28.6 Å². The zero-order valence-electron chi connectivity index (χ0n) is 51.8. The molecule has 0 unspecified atom stereocenters. The van der Waals surface area contributed by atoms with Crippen LogP contribution in [0, 0.1) is 0 Å². The number of rotatable bonds is 32. The van der Waals surface area contributed by atoms with E-state index in [9.17, 15) is 5.11 Å². The topological polar surface area (TPSA) is 162 Å². The van der Waals surface area contributed by atoms with E-state index in [4.69, 9.17) is 71.1 Å². The summed E-state index contributed by atoms with van der Waals surface area (Å²) in [6.07, 6.45) is -10.7. The molecule has 2 aliphatic heterocycles. The van der Waals surface area contributed by atoms with Gasteiger partial charge in [0.25, 0.3) is 0 Å². The van der Waals surface area contributed by atoms with Gasteiger partial charge in [-0.25, -0.2) is 0 Å². The normalized spacial score (nSPS) is 21.5. The van der Waals surface area contributed by atoms with E-state index in [0.29, 0.717) is 28.7 Å². The molecule has 0 spiro atoms. The van der Waals surface area contributed by atoms with Gasteiger partial charge >= 0.3 is 0 Å². The van der Waals surface area contributed by atoms with Gasteiger partial charge in [-0.1, -0.05) is 146 Å². The largest absolute Gasteiger partial charge is 0.497 e. The molecule has 17 heteroatoms. The molecule has 2 fully saturated rings. The average molecular weight is 1230 g/mol. The highest BCUT2D eigenvalue weighted by molar-refractivity contribution is 5.62. The molecule has 0 bridgehead atoms. The van der Waals surface area contributed by atoms with Crippen LogP contribution in [0.4, 0.5) is 11.4 Å². The van der Waals surface area contributed by atoms with Crippen LogP contribution in [0.3, 0.4) is 0 Å². The van der Waals surface area contributed by atoms with Crippen molar-refractivity contribution < 1.29 is 76.2 Å². The summed E-state index contributed by atoms with van der Waals surface area (Å²) in [7, 11) is 10.0. The highest BCUT2D eigenvalue weighted by Crippen LogP contribution is 2.37. The maximum absolute atomic E-state index is 13.1. The van der Waals surface area contributed by atoms with Crippen LogP contribution in [0.2, 0.25) is 0 Å². The Labute approximate surface area is 527 Å². The third-order valence-corrected chi connectivity index (χ3v) is 15.8. The Hall–Kier alpha value is -7.88. The predicted octanol–water partition coefficient (Wildman–Crippen LogP) is 12.0. The SMILES string of the molecule is COc1ccc(CO[C@H]2[C@@H](O[C@H]3O[C@H](COCc4ccc(OC)c(OC)c4)[C@@H](OCc4ccccc4)[C@H](OCc4ccc(N(C)c5ccccc5)cc4)[C@H]3O)O[C@H](COCc3ccc(OC)c(OC)c3)[C@@H](OCc3ccccc3)[C@@H]2OCc2ccccc2)cc1. The Balaban J connectivity index is 1.01. The lowest BCUT2D eigenvalue weighted by atomic mass is 9.96. The van der Waals surface area contributed by atoms with E-state index in [-0.39, 0.29) is 59.5 Å². The molecule has 0 saturated carbocycles. The first-order valence-electron chi connectivity index (χ1n) is 30.1. The van der Waals surface area contributed by atoms with Crippen molar-refractivity contribution in [2.24, 2.45) is 0 Å². The van der Waals surface area contributed by atoms with E-state index in [0.717, 1.165) is 50.3 Å². The zero-order chi connectivity index (χ0) is 62.4. The maximum atomic E-state index is 13.1. The lowest BCUT2D eigenvalue weighted by molar-refractivity contribution is -0.391. The second-order valence-corrected chi connectivity index (χ2v) is 21.9. The molecular formula is C73H81NO16. The van der Waals surface area contributed by atoms with Crippen LogP contribution in [0.15, 0.2) is 206 Å². The van der Waals surface area contributed by atoms with Crippen molar-refractivity contribution in [3.63, 3.8) is 0 Å². The minimum Gasteiger partial charge on any atom is -0.497 e. The lowest BCUT2D eigenvalue weighted by Gasteiger charge is -2.49. The van der Waals surface area contributed by atoms with Crippen LogP contribution in [-0.4, -0.2) is 122 Å². The van der Waals surface area contributed by atoms with Crippen molar-refractivity contribution >= 4 is 11.4 Å². The Morgan fingerprint density at radius 2 is 0.711 bits per heavy atom. The standard InChI is InChI=1S/C73H81NO16/c1-74(57-25-17-10-18-26-57)58-33-27-53(28-34-58)46-85-69-66(75)72(88-64(67(69)83-43-50-19-11-7-12-20-50)48-81-41-55-31-37-60(77-3)62(39-55)79-5)90-73-71(87-47-54-29-35-59(76-2)36-30-54)70(86-45-52-23-15-9-16-24-52)68(84-44-51-21-13-8-14-22-51)65(89-73)49-82-42-56-32-38-61(78-4)63(40-56)80-6/h7-40,64-73,75H,41-49H2,1-6H3/t64-,65-,66-,67-,68-,69-,70+,71-,72-,73-/m1/s1. The Morgan fingerprint density at radius 3 is 1.17 bits per heavy atom. The van der Waals surface area contributed by atoms with Crippen LogP contribution >= 0.6 is 0 Å². The third kappa shape index (κ3) is 17.5. The Kier molecular flexibility index (Phi) is 24.1. The molecule has 0 radical (unpaired) electrons. The predicted molar refractivity (Wildman–Crippen MR) is 339 cm³/mol. The molecule has 474 valence electrons. The molecule has 17 nitrogen and oxygen atoms in total. The summed E-state index contributed by atoms with van der Waals surface area (Å²) >= 11 is 0. The van der Waals surface area contributed by atoms with E-state index in [1.807, 2.05) is 201 Å². The molecule has 2 aliphatic rings. The lowest BCUT2D eigenvalue weighted by Crippen LogP contribution is -2.65.